The molecule has 0 aliphatic rings. The molecule has 152 valence electrons. The summed E-state index contributed by atoms with van der Waals surface area (Å²) in [5, 5.41) is 8.91. The van der Waals surface area contributed by atoms with E-state index in [9.17, 15) is 18.0 Å². The Balaban J connectivity index is 1.64. The van der Waals surface area contributed by atoms with Crippen LogP contribution in [-0.2, 0) is 15.3 Å². The SMILES string of the molecule is COC(=O)COc1ccc(SCc2nnc(-c3cc(F)c(F)c(F)c3)s2)cc1C. The number of carbonyl (C=O) groups excluding carboxylic acids is 1. The summed E-state index contributed by atoms with van der Waals surface area (Å²) in [5.74, 6) is -3.43. The van der Waals surface area contributed by atoms with E-state index in [0.29, 0.717) is 21.5 Å². The number of carbonyl (C=O) groups is 1. The van der Waals surface area contributed by atoms with Gasteiger partial charge in [0.05, 0.1) is 12.9 Å². The monoisotopic (exact) mass is 440 g/mol. The van der Waals surface area contributed by atoms with Crippen LogP contribution in [0.15, 0.2) is 35.2 Å². The molecule has 1 heterocycles. The van der Waals surface area contributed by atoms with Crippen molar-refractivity contribution in [2.45, 2.75) is 17.6 Å². The fourth-order valence-corrected chi connectivity index (χ4v) is 4.13. The Kier molecular flexibility index (Phi) is 6.75. The van der Waals surface area contributed by atoms with Gasteiger partial charge in [-0.1, -0.05) is 11.3 Å². The zero-order chi connectivity index (χ0) is 21.0. The molecule has 0 spiro atoms. The van der Waals surface area contributed by atoms with Gasteiger partial charge in [0.2, 0.25) is 0 Å². The number of ether oxygens (including phenoxy) is 2. The van der Waals surface area contributed by atoms with Crippen molar-refractivity contribution in [3.63, 3.8) is 0 Å². The van der Waals surface area contributed by atoms with Gasteiger partial charge in [-0.05, 0) is 42.8 Å². The van der Waals surface area contributed by atoms with Crippen molar-refractivity contribution in [1.29, 1.82) is 0 Å². The van der Waals surface area contributed by atoms with E-state index in [0.717, 1.165) is 22.6 Å². The van der Waals surface area contributed by atoms with Crippen LogP contribution >= 0.6 is 23.1 Å². The van der Waals surface area contributed by atoms with Crippen LogP contribution < -0.4 is 4.74 Å². The minimum atomic E-state index is -1.51. The maximum atomic E-state index is 13.4. The molecule has 5 nitrogen and oxygen atoms in total. The number of methoxy groups -OCH3 is 1. The predicted octanol–water partition coefficient (Wildman–Crippen LogP) is 4.77. The van der Waals surface area contributed by atoms with Gasteiger partial charge in [0.1, 0.15) is 15.8 Å². The van der Waals surface area contributed by atoms with Gasteiger partial charge < -0.3 is 9.47 Å². The molecule has 2 aromatic carbocycles. The standard InChI is InChI=1S/C19H15F3N2O3S2/c1-10-5-12(3-4-15(10)27-8-17(25)26-2)28-9-16-23-24-19(29-16)11-6-13(20)18(22)14(21)7-11/h3-7H,8-9H2,1-2H3. The summed E-state index contributed by atoms with van der Waals surface area (Å²) in [6.45, 7) is 1.69. The van der Waals surface area contributed by atoms with E-state index in [4.69, 9.17) is 4.74 Å². The molecular formula is C19H15F3N2O3S2. The van der Waals surface area contributed by atoms with Gasteiger partial charge in [-0.15, -0.1) is 22.0 Å². The zero-order valence-electron chi connectivity index (χ0n) is 15.4. The number of aryl methyl sites for hydroxylation is 1. The molecule has 0 bridgehead atoms. The normalized spacial score (nSPS) is 10.8. The molecule has 10 heteroatoms. The van der Waals surface area contributed by atoms with E-state index in [1.165, 1.54) is 30.2 Å². The highest BCUT2D eigenvalue weighted by molar-refractivity contribution is 7.98. The highest BCUT2D eigenvalue weighted by Gasteiger charge is 2.15. The van der Waals surface area contributed by atoms with Crippen molar-refractivity contribution in [1.82, 2.24) is 10.2 Å². The quantitative estimate of drug-likeness (QED) is 0.300. The second kappa shape index (κ2) is 9.27. The average Bonchev–Trinajstić information content (AvgIpc) is 3.18. The summed E-state index contributed by atoms with van der Waals surface area (Å²) < 4.78 is 49.8. The number of aromatic nitrogens is 2. The molecule has 29 heavy (non-hydrogen) atoms. The van der Waals surface area contributed by atoms with Gasteiger partial charge in [-0.25, -0.2) is 18.0 Å². The summed E-state index contributed by atoms with van der Waals surface area (Å²) >= 11 is 2.67. The van der Waals surface area contributed by atoms with Crippen LogP contribution in [0.5, 0.6) is 5.75 Å². The van der Waals surface area contributed by atoms with Gasteiger partial charge in [-0.2, -0.15) is 0 Å². The lowest BCUT2D eigenvalue weighted by molar-refractivity contribution is -0.142. The zero-order valence-corrected chi connectivity index (χ0v) is 17.0. The van der Waals surface area contributed by atoms with Crippen LogP contribution in [0.25, 0.3) is 10.6 Å². The van der Waals surface area contributed by atoms with E-state index in [1.807, 2.05) is 19.1 Å². The minimum Gasteiger partial charge on any atom is -0.482 e. The largest absolute Gasteiger partial charge is 0.482 e. The Morgan fingerprint density at radius 2 is 1.86 bits per heavy atom. The van der Waals surface area contributed by atoms with Crippen molar-refractivity contribution in [3.05, 3.63) is 58.4 Å². The molecule has 3 rings (SSSR count). The van der Waals surface area contributed by atoms with Crippen LogP contribution in [0, 0.1) is 24.4 Å². The smallest absolute Gasteiger partial charge is 0.343 e. The number of halogens is 3. The average molecular weight is 440 g/mol. The summed E-state index contributed by atoms with van der Waals surface area (Å²) in [7, 11) is 1.29. The number of rotatable bonds is 7. The van der Waals surface area contributed by atoms with Crippen molar-refractivity contribution in [2.75, 3.05) is 13.7 Å². The van der Waals surface area contributed by atoms with Gasteiger partial charge in [0.25, 0.3) is 0 Å². The van der Waals surface area contributed by atoms with Crippen molar-refractivity contribution in [3.8, 4) is 16.3 Å². The number of nitrogens with zero attached hydrogens (tertiary/aromatic N) is 2. The molecule has 0 amide bonds. The minimum absolute atomic E-state index is 0.137. The van der Waals surface area contributed by atoms with Crippen LogP contribution in [0.1, 0.15) is 10.6 Å². The van der Waals surface area contributed by atoms with Gasteiger partial charge in [0, 0.05) is 10.5 Å². The van der Waals surface area contributed by atoms with Crippen LogP contribution in [0.2, 0.25) is 0 Å². The van der Waals surface area contributed by atoms with E-state index >= 15 is 0 Å². The molecule has 0 aliphatic carbocycles. The topological polar surface area (TPSA) is 61.3 Å². The molecule has 0 saturated carbocycles. The third-order valence-corrected chi connectivity index (χ3v) is 5.94. The number of benzene rings is 2. The van der Waals surface area contributed by atoms with Gasteiger partial charge in [0.15, 0.2) is 24.1 Å². The fraction of sp³-hybridized carbons (Fsp3) is 0.211. The van der Waals surface area contributed by atoms with Crippen molar-refractivity contribution >= 4 is 29.1 Å². The lowest BCUT2D eigenvalue weighted by Crippen LogP contribution is -2.12. The second-order valence-electron chi connectivity index (χ2n) is 5.84. The molecule has 0 radical (unpaired) electrons. The molecular weight excluding hydrogens is 425 g/mol. The van der Waals surface area contributed by atoms with E-state index in [1.54, 1.807) is 6.07 Å². The number of thioether (sulfide) groups is 1. The highest BCUT2D eigenvalue weighted by Crippen LogP contribution is 2.31. The van der Waals surface area contributed by atoms with Gasteiger partial charge in [-0.3, -0.25) is 0 Å². The predicted molar refractivity (Wildman–Crippen MR) is 103 cm³/mol. The first-order chi connectivity index (χ1) is 13.9. The molecule has 0 atom stereocenters. The molecule has 1 aromatic heterocycles. The Labute approximate surface area is 172 Å². The van der Waals surface area contributed by atoms with Crippen LogP contribution in [0.4, 0.5) is 13.2 Å². The van der Waals surface area contributed by atoms with E-state index in [2.05, 4.69) is 14.9 Å². The third kappa shape index (κ3) is 5.27. The molecule has 0 aliphatic heterocycles. The molecule has 0 N–H and O–H groups in total. The first-order valence-corrected chi connectivity index (χ1v) is 10.1. The Morgan fingerprint density at radius 1 is 1.14 bits per heavy atom. The summed E-state index contributed by atoms with van der Waals surface area (Å²) in [6, 6.07) is 7.30. The fourth-order valence-electron chi connectivity index (χ4n) is 2.32. The van der Waals surface area contributed by atoms with Crippen molar-refractivity contribution in [2.24, 2.45) is 0 Å². The summed E-state index contributed by atoms with van der Waals surface area (Å²) in [6.07, 6.45) is 0. The van der Waals surface area contributed by atoms with E-state index in [-0.39, 0.29) is 12.2 Å². The first kappa shape index (κ1) is 21.1. The molecule has 3 aromatic rings. The maximum absolute atomic E-state index is 13.4. The Hall–Kier alpha value is -2.59. The van der Waals surface area contributed by atoms with E-state index < -0.39 is 23.4 Å². The number of hydrogen-bond donors (Lipinski definition) is 0. The lowest BCUT2D eigenvalue weighted by atomic mass is 10.2. The Morgan fingerprint density at radius 3 is 2.52 bits per heavy atom. The summed E-state index contributed by atoms with van der Waals surface area (Å²) in [5.41, 5.74) is 0.993. The third-order valence-electron chi connectivity index (χ3n) is 3.78. The summed E-state index contributed by atoms with van der Waals surface area (Å²) in [4.78, 5) is 12.1. The molecule has 0 saturated heterocycles. The Bertz CT molecular complexity index is 1020. The molecule has 0 unspecified atom stereocenters. The van der Waals surface area contributed by atoms with Crippen LogP contribution in [0.3, 0.4) is 0 Å². The molecule has 0 fully saturated rings. The first-order valence-electron chi connectivity index (χ1n) is 8.27. The number of esters is 1. The second-order valence-corrected chi connectivity index (χ2v) is 7.95. The highest BCUT2D eigenvalue weighted by atomic mass is 32.2. The van der Waals surface area contributed by atoms with Crippen molar-refractivity contribution < 1.29 is 27.4 Å². The van der Waals surface area contributed by atoms with Gasteiger partial charge >= 0.3 is 5.97 Å². The van der Waals surface area contributed by atoms with Crippen LogP contribution in [-0.4, -0.2) is 29.9 Å². The maximum Gasteiger partial charge on any atom is 0.343 e. The number of hydrogen-bond acceptors (Lipinski definition) is 7. The lowest BCUT2D eigenvalue weighted by Gasteiger charge is -2.09.